The van der Waals surface area contributed by atoms with Crippen molar-refractivity contribution < 1.29 is 9.32 Å². The molecule has 0 saturated heterocycles. The molecule has 0 unspecified atom stereocenters. The van der Waals surface area contributed by atoms with Gasteiger partial charge in [0.2, 0.25) is 5.91 Å². The van der Waals surface area contributed by atoms with Gasteiger partial charge in [-0.3, -0.25) is 14.2 Å². The molecule has 152 valence electrons. The van der Waals surface area contributed by atoms with Crippen LogP contribution in [0.15, 0.2) is 44.8 Å². The molecule has 4 rings (SSSR count). The number of thioether (sulfide) groups is 1. The molecule has 1 fully saturated rings. The number of nitrogens with one attached hydrogen (secondary N) is 1. The number of carbonyl (C=O) groups is 1. The number of para-hydroxylation sites is 1. The Labute approximate surface area is 172 Å². The maximum absolute atomic E-state index is 13.3. The second kappa shape index (κ2) is 8.41. The Balaban J connectivity index is 1.66. The molecule has 1 saturated carbocycles. The molecular formula is C21H24N4O3S. The zero-order valence-corrected chi connectivity index (χ0v) is 17.4. The average Bonchev–Trinajstić information content (AvgIpc) is 3.13. The molecule has 3 aromatic rings. The van der Waals surface area contributed by atoms with Crippen molar-refractivity contribution in [3.8, 4) is 0 Å². The van der Waals surface area contributed by atoms with Gasteiger partial charge in [-0.05, 0) is 38.8 Å². The zero-order valence-electron chi connectivity index (χ0n) is 16.6. The Bertz CT molecular complexity index is 1080. The molecule has 29 heavy (non-hydrogen) atoms. The number of benzene rings is 1. The third-order valence-electron chi connectivity index (χ3n) is 5.25. The summed E-state index contributed by atoms with van der Waals surface area (Å²) in [5.41, 5.74) is 0.636. The molecule has 0 radical (unpaired) electrons. The molecule has 8 heteroatoms. The van der Waals surface area contributed by atoms with E-state index >= 15 is 0 Å². The van der Waals surface area contributed by atoms with E-state index in [9.17, 15) is 9.59 Å². The predicted molar refractivity (Wildman–Crippen MR) is 113 cm³/mol. The van der Waals surface area contributed by atoms with Crippen molar-refractivity contribution in [2.45, 2.75) is 62.4 Å². The Morgan fingerprint density at radius 2 is 2.03 bits per heavy atom. The maximum Gasteiger partial charge on any atom is 0.262 e. The van der Waals surface area contributed by atoms with Crippen LogP contribution in [0.1, 0.15) is 50.8 Å². The summed E-state index contributed by atoms with van der Waals surface area (Å²) in [6, 6.07) is 9.19. The van der Waals surface area contributed by atoms with Gasteiger partial charge in [0, 0.05) is 12.1 Å². The van der Waals surface area contributed by atoms with Gasteiger partial charge < -0.3 is 9.84 Å². The first-order valence-electron chi connectivity index (χ1n) is 9.95. The Morgan fingerprint density at radius 3 is 2.76 bits per heavy atom. The van der Waals surface area contributed by atoms with E-state index < -0.39 is 5.25 Å². The van der Waals surface area contributed by atoms with Gasteiger partial charge in [-0.15, -0.1) is 0 Å². The maximum atomic E-state index is 13.3. The molecule has 1 aliphatic rings. The largest absolute Gasteiger partial charge is 0.360 e. The zero-order chi connectivity index (χ0) is 20.4. The van der Waals surface area contributed by atoms with Crippen LogP contribution in [0.3, 0.4) is 0 Å². The lowest BCUT2D eigenvalue weighted by molar-refractivity contribution is -0.115. The quantitative estimate of drug-likeness (QED) is 0.496. The van der Waals surface area contributed by atoms with Gasteiger partial charge in [0.05, 0.1) is 16.2 Å². The molecule has 2 aromatic heterocycles. The van der Waals surface area contributed by atoms with Crippen LogP contribution in [0.2, 0.25) is 0 Å². The minimum absolute atomic E-state index is 0.0234. The third-order valence-corrected chi connectivity index (χ3v) is 6.31. The lowest BCUT2D eigenvalue weighted by Crippen LogP contribution is -2.30. The highest BCUT2D eigenvalue weighted by molar-refractivity contribution is 8.00. The fourth-order valence-electron chi connectivity index (χ4n) is 3.73. The SMILES string of the molecule is Cc1cc(NC(=O)[C@@H](C)Sc2nc3ccccc3c(=O)n2C2CCCCC2)no1. The van der Waals surface area contributed by atoms with Crippen molar-refractivity contribution in [2.24, 2.45) is 0 Å². The number of anilines is 1. The highest BCUT2D eigenvalue weighted by atomic mass is 32.2. The molecule has 1 atom stereocenters. The Morgan fingerprint density at radius 1 is 1.28 bits per heavy atom. The summed E-state index contributed by atoms with van der Waals surface area (Å²) >= 11 is 1.31. The van der Waals surface area contributed by atoms with Crippen molar-refractivity contribution in [1.29, 1.82) is 0 Å². The molecule has 2 heterocycles. The molecule has 1 aliphatic carbocycles. The molecule has 1 amide bonds. The molecular weight excluding hydrogens is 388 g/mol. The lowest BCUT2D eigenvalue weighted by Gasteiger charge is -2.26. The highest BCUT2D eigenvalue weighted by Gasteiger charge is 2.25. The minimum Gasteiger partial charge on any atom is -0.360 e. The van der Waals surface area contributed by atoms with E-state index in [4.69, 9.17) is 9.51 Å². The number of carbonyl (C=O) groups excluding carboxylic acids is 1. The standard InChI is InChI=1S/C21H24N4O3S/c1-13-12-18(24-28-13)23-19(26)14(2)29-21-22-17-11-7-6-10-16(17)20(27)25(21)15-8-4-3-5-9-15/h6-7,10-12,14-15H,3-5,8-9H2,1-2H3,(H,23,24,26)/t14-/m1/s1. The average molecular weight is 413 g/mol. The van der Waals surface area contributed by atoms with Crippen LogP contribution in [0.25, 0.3) is 10.9 Å². The second-order valence-electron chi connectivity index (χ2n) is 7.45. The lowest BCUT2D eigenvalue weighted by atomic mass is 9.95. The van der Waals surface area contributed by atoms with Gasteiger partial charge in [0.25, 0.3) is 5.56 Å². The first-order chi connectivity index (χ1) is 14.0. The molecule has 0 spiro atoms. The van der Waals surface area contributed by atoms with E-state index in [0.717, 1.165) is 25.7 Å². The summed E-state index contributed by atoms with van der Waals surface area (Å²) in [6.07, 6.45) is 5.34. The Hall–Kier alpha value is -2.61. The smallest absolute Gasteiger partial charge is 0.262 e. The number of rotatable bonds is 5. The van der Waals surface area contributed by atoms with Crippen molar-refractivity contribution in [3.05, 3.63) is 46.4 Å². The van der Waals surface area contributed by atoms with Gasteiger partial charge in [-0.2, -0.15) is 0 Å². The minimum atomic E-state index is -0.449. The third kappa shape index (κ3) is 4.22. The van der Waals surface area contributed by atoms with Crippen LogP contribution in [0.5, 0.6) is 0 Å². The number of fused-ring (bicyclic) bond motifs is 1. The molecule has 1 N–H and O–H groups in total. The summed E-state index contributed by atoms with van der Waals surface area (Å²) in [7, 11) is 0. The monoisotopic (exact) mass is 412 g/mol. The second-order valence-corrected chi connectivity index (χ2v) is 8.76. The number of amides is 1. The highest BCUT2D eigenvalue weighted by Crippen LogP contribution is 2.32. The molecule has 0 bridgehead atoms. The van der Waals surface area contributed by atoms with E-state index in [0.29, 0.717) is 27.6 Å². The fraction of sp³-hybridized carbons (Fsp3) is 0.429. The Kier molecular flexibility index (Phi) is 5.71. The van der Waals surface area contributed by atoms with E-state index in [1.165, 1.54) is 18.2 Å². The van der Waals surface area contributed by atoms with Crippen LogP contribution >= 0.6 is 11.8 Å². The summed E-state index contributed by atoms with van der Waals surface area (Å²) in [5, 5.41) is 7.33. The van der Waals surface area contributed by atoms with Crippen LogP contribution in [0.4, 0.5) is 5.82 Å². The number of aromatic nitrogens is 3. The number of nitrogens with zero attached hydrogens (tertiary/aromatic N) is 3. The summed E-state index contributed by atoms with van der Waals surface area (Å²) < 4.78 is 6.81. The van der Waals surface area contributed by atoms with Gasteiger partial charge in [0.1, 0.15) is 5.76 Å². The summed E-state index contributed by atoms with van der Waals surface area (Å²) in [5.74, 6) is 0.805. The van der Waals surface area contributed by atoms with E-state index in [2.05, 4.69) is 10.5 Å². The first kappa shape index (κ1) is 19.7. The predicted octanol–water partition coefficient (Wildman–Crippen LogP) is 4.32. The number of aryl methyl sites for hydroxylation is 1. The van der Waals surface area contributed by atoms with E-state index in [1.807, 2.05) is 28.8 Å². The fourth-order valence-corrected chi connectivity index (χ4v) is 4.71. The van der Waals surface area contributed by atoms with Crippen LogP contribution in [0, 0.1) is 6.92 Å². The van der Waals surface area contributed by atoms with Gasteiger partial charge in [-0.1, -0.05) is 48.3 Å². The van der Waals surface area contributed by atoms with E-state index in [1.54, 1.807) is 19.9 Å². The van der Waals surface area contributed by atoms with Gasteiger partial charge >= 0.3 is 0 Å². The van der Waals surface area contributed by atoms with Gasteiger partial charge in [0.15, 0.2) is 11.0 Å². The first-order valence-corrected chi connectivity index (χ1v) is 10.8. The van der Waals surface area contributed by atoms with Crippen molar-refractivity contribution in [2.75, 3.05) is 5.32 Å². The molecule has 1 aromatic carbocycles. The molecule has 7 nitrogen and oxygen atoms in total. The number of hydrogen-bond acceptors (Lipinski definition) is 6. The van der Waals surface area contributed by atoms with Crippen LogP contribution < -0.4 is 10.9 Å². The van der Waals surface area contributed by atoms with Crippen molar-refractivity contribution in [3.63, 3.8) is 0 Å². The van der Waals surface area contributed by atoms with Gasteiger partial charge in [-0.25, -0.2) is 4.98 Å². The molecule has 0 aliphatic heterocycles. The van der Waals surface area contributed by atoms with E-state index in [-0.39, 0.29) is 17.5 Å². The normalized spacial score (nSPS) is 16.1. The topological polar surface area (TPSA) is 90.0 Å². The van der Waals surface area contributed by atoms with Crippen LogP contribution in [-0.2, 0) is 4.79 Å². The summed E-state index contributed by atoms with van der Waals surface area (Å²) in [4.78, 5) is 30.7. The summed E-state index contributed by atoms with van der Waals surface area (Å²) in [6.45, 7) is 3.57. The number of hydrogen-bond donors (Lipinski definition) is 1. The van der Waals surface area contributed by atoms with Crippen LogP contribution in [-0.4, -0.2) is 25.9 Å². The van der Waals surface area contributed by atoms with Crippen molar-refractivity contribution >= 4 is 34.4 Å². The van der Waals surface area contributed by atoms with Crippen molar-refractivity contribution in [1.82, 2.24) is 14.7 Å².